The number of ether oxygens (including phenoxy) is 1. The first kappa shape index (κ1) is 19.5. The minimum absolute atomic E-state index is 0.106. The molecule has 0 heterocycles. The Bertz CT molecular complexity index is 848. The molecule has 0 saturated heterocycles. The number of aryl methyl sites for hydroxylation is 1. The highest BCUT2D eigenvalue weighted by atomic mass is 79.9. The van der Waals surface area contributed by atoms with Gasteiger partial charge in [0.05, 0.1) is 17.3 Å². The molecule has 2 aromatic carbocycles. The Balaban J connectivity index is 1.97. The first-order valence-electron chi connectivity index (χ1n) is 7.83. The average molecular weight is 426 g/mol. The van der Waals surface area contributed by atoms with Crippen molar-refractivity contribution in [1.29, 1.82) is 0 Å². The van der Waals surface area contributed by atoms with Crippen molar-refractivity contribution in [2.45, 2.75) is 25.2 Å². The van der Waals surface area contributed by atoms with Crippen LogP contribution >= 0.6 is 15.9 Å². The lowest BCUT2D eigenvalue weighted by Crippen LogP contribution is -2.18. The maximum absolute atomic E-state index is 12.3. The highest BCUT2D eigenvalue weighted by molar-refractivity contribution is 9.10. The van der Waals surface area contributed by atoms with Gasteiger partial charge in [-0.15, -0.1) is 0 Å². The van der Waals surface area contributed by atoms with Crippen LogP contribution in [0.5, 0.6) is 5.75 Å². The zero-order valence-electron chi connectivity index (χ0n) is 14.1. The maximum Gasteiger partial charge on any atom is 0.225 e. The van der Waals surface area contributed by atoms with E-state index in [1.165, 1.54) is 12.1 Å². The quantitative estimate of drug-likeness (QED) is 0.728. The van der Waals surface area contributed by atoms with Gasteiger partial charge in [0.15, 0.2) is 9.84 Å². The fourth-order valence-corrected chi connectivity index (χ4v) is 3.74. The van der Waals surface area contributed by atoms with Crippen molar-refractivity contribution >= 4 is 37.4 Å². The van der Waals surface area contributed by atoms with E-state index >= 15 is 0 Å². The number of hydrogen-bond acceptors (Lipinski definition) is 4. The Labute approximate surface area is 156 Å². The number of carbonyl (C=O) groups excluding carboxylic acids is 1. The number of amides is 1. The van der Waals surface area contributed by atoms with Gasteiger partial charge >= 0.3 is 0 Å². The minimum Gasteiger partial charge on any atom is -0.494 e. The fraction of sp³-hybridized carbons (Fsp3) is 0.278. The molecule has 0 fully saturated rings. The van der Waals surface area contributed by atoms with E-state index in [9.17, 15) is 13.2 Å². The van der Waals surface area contributed by atoms with E-state index in [1.54, 1.807) is 24.3 Å². The summed E-state index contributed by atoms with van der Waals surface area (Å²) in [7, 11) is -3.49. The molecule has 0 bridgehead atoms. The zero-order chi connectivity index (χ0) is 18.4. The predicted octanol–water partition coefficient (Wildman–Crippen LogP) is 3.96. The van der Waals surface area contributed by atoms with Crippen molar-refractivity contribution in [2.75, 3.05) is 17.7 Å². The van der Waals surface area contributed by atoms with Crippen molar-refractivity contribution in [3.63, 3.8) is 0 Å². The molecule has 25 heavy (non-hydrogen) atoms. The van der Waals surface area contributed by atoms with Crippen LogP contribution in [0.1, 0.15) is 18.9 Å². The number of sulfone groups is 1. The standard InChI is InChI=1S/C18H20BrNO4S/c1-3-24-15-6-9-17(13(2)12-15)20-18(21)10-11-25(22,23)16-7-4-14(19)5-8-16/h4-9,12H,3,10-11H2,1-2H3,(H,20,21). The van der Waals surface area contributed by atoms with Gasteiger partial charge in [0, 0.05) is 16.6 Å². The van der Waals surface area contributed by atoms with Crippen LogP contribution in [-0.4, -0.2) is 26.7 Å². The summed E-state index contributed by atoms with van der Waals surface area (Å²) in [5.74, 6) is 0.153. The third-order valence-electron chi connectivity index (χ3n) is 3.55. The Morgan fingerprint density at radius 1 is 1.16 bits per heavy atom. The summed E-state index contributed by atoms with van der Waals surface area (Å²) in [6.45, 7) is 4.33. The van der Waals surface area contributed by atoms with Crippen LogP contribution in [0, 0.1) is 6.92 Å². The SMILES string of the molecule is CCOc1ccc(NC(=O)CCS(=O)(=O)c2ccc(Br)cc2)c(C)c1. The van der Waals surface area contributed by atoms with Crippen LogP contribution in [-0.2, 0) is 14.6 Å². The normalized spacial score (nSPS) is 11.2. The van der Waals surface area contributed by atoms with E-state index in [2.05, 4.69) is 21.2 Å². The molecule has 1 N–H and O–H groups in total. The highest BCUT2D eigenvalue weighted by Crippen LogP contribution is 2.22. The number of nitrogens with one attached hydrogen (secondary N) is 1. The van der Waals surface area contributed by atoms with E-state index in [0.717, 1.165) is 15.8 Å². The maximum atomic E-state index is 12.3. The lowest BCUT2D eigenvalue weighted by Gasteiger charge is -2.11. The van der Waals surface area contributed by atoms with Gasteiger partial charge in [-0.2, -0.15) is 0 Å². The minimum atomic E-state index is -3.49. The second-order valence-electron chi connectivity index (χ2n) is 5.48. The summed E-state index contributed by atoms with van der Waals surface area (Å²) < 4.78 is 30.7. The molecule has 0 aromatic heterocycles. The largest absolute Gasteiger partial charge is 0.494 e. The van der Waals surface area contributed by atoms with Crippen LogP contribution in [0.3, 0.4) is 0 Å². The summed E-state index contributed by atoms with van der Waals surface area (Å²) >= 11 is 3.27. The first-order valence-corrected chi connectivity index (χ1v) is 10.3. The van der Waals surface area contributed by atoms with Crippen LogP contribution in [0.4, 0.5) is 5.69 Å². The van der Waals surface area contributed by atoms with Crippen molar-refractivity contribution in [2.24, 2.45) is 0 Å². The molecule has 0 spiro atoms. The van der Waals surface area contributed by atoms with Gasteiger partial charge in [0.25, 0.3) is 0 Å². The number of rotatable bonds is 7. The Morgan fingerprint density at radius 3 is 2.44 bits per heavy atom. The second-order valence-corrected chi connectivity index (χ2v) is 8.51. The second kappa shape index (κ2) is 8.49. The topological polar surface area (TPSA) is 72.5 Å². The molecule has 7 heteroatoms. The van der Waals surface area contributed by atoms with Crippen LogP contribution in [0.25, 0.3) is 0 Å². The summed E-state index contributed by atoms with van der Waals surface area (Å²) in [4.78, 5) is 12.3. The smallest absolute Gasteiger partial charge is 0.225 e. The first-order chi connectivity index (χ1) is 11.8. The van der Waals surface area contributed by atoms with Crippen LogP contribution in [0.15, 0.2) is 51.8 Å². The number of anilines is 1. The Hall–Kier alpha value is -1.86. The van der Waals surface area contributed by atoms with Crippen LogP contribution in [0.2, 0.25) is 0 Å². The zero-order valence-corrected chi connectivity index (χ0v) is 16.5. The summed E-state index contributed by atoms with van der Waals surface area (Å²) in [5, 5.41) is 2.75. The van der Waals surface area contributed by atoms with E-state index in [0.29, 0.717) is 12.3 Å². The molecule has 0 aliphatic rings. The number of halogens is 1. The molecule has 0 aliphatic heterocycles. The summed E-state index contributed by atoms with van der Waals surface area (Å²) in [6, 6.07) is 11.7. The molecule has 5 nitrogen and oxygen atoms in total. The van der Waals surface area contributed by atoms with Gasteiger partial charge < -0.3 is 10.1 Å². The monoisotopic (exact) mass is 425 g/mol. The number of carbonyl (C=O) groups is 1. The Kier molecular flexibility index (Phi) is 6.61. The van der Waals surface area contributed by atoms with Gasteiger partial charge in [-0.05, 0) is 61.9 Å². The molecule has 0 saturated carbocycles. The van der Waals surface area contributed by atoms with Crippen molar-refractivity contribution in [3.8, 4) is 5.75 Å². The molecule has 2 rings (SSSR count). The molecular formula is C18H20BrNO4S. The molecule has 0 unspecified atom stereocenters. The molecular weight excluding hydrogens is 406 g/mol. The summed E-state index contributed by atoms with van der Waals surface area (Å²) in [5.41, 5.74) is 1.50. The van der Waals surface area contributed by atoms with Crippen molar-refractivity contribution in [3.05, 3.63) is 52.5 Å². The van der Waals surface area contributed by atoms with E-state index in [1.807, 2.05) is 19.9 Å². The lowest BCUT2D eigenvalue weighted by atomic mass is 10.2. The number of benzene rings is 2. The summed E-state index contributed by atoms with van der Waals surface area (Å²) in [6.07, 6.45) is -0.106. The van der Waals surface area contributed by atoms with Gasteiger partial charge in [-0.3, -0.25) is 4.79 Å². The third-order valence-corrected chi connectivity index (χ3v) is 5.81. The Morgan fingerprint density at radius 2 is 1.84 bits per heavy atom. The van der Waals surface area contributed by atoms with Gasteiger partial charge in [0.1, 0.15) is 5.75 Å². The molecule has 2 aromatic rings. The fourth-order valence-electron chi connectivity index (χ4n) is 2.23. The molecule has 0 aliphatic carbocycles. The van der Waals surface area contributed by atoms with Gasteiger partial charge in [-0.25, -0.2) is 8.42 Å². The van der Waals surface area contributed by atoms with E-state index in [4.69, 9.17) is 4.74 Å². The molecule has 134 valence electrons. The molecule has 1 amide bonds. The van der Waals surface area contributed by atoms with Crippen molar-refractivity contribution in [1.82, 2.24) is 0 Å². The average Bonchev–Trinajstić information content (AvgIpc) is 2.56. The van der Waals surface area contributed by atoms with Gasteiger partial charge in [-0.1, -0.05) is 15.9 Å². The third kappa shape index (κ3) is 5.57. The molecule has 0 radical (unpaired) electrons. The molecule has 0 atom stereocenters. The highest BCUT2D eigenvalue weighted by Gasteiger charge is 2.17. The van der Waals surface area contributed by atoms with Gasteiger partial charge in [0.2, 0.25) is 5.91 Å². The lowest BCUT2D eigenvalue weighted by molar-refractivity contribution is -0.115. The predicted molar refractivity (Wildman–Crippen MR) is 102 cm³/mol. The number of hydrogen-bond donors (Lipinski definition) is 1. The van der Waals surface area contributed by atoms with E-state index < -0.39 is 9.84 Å². The van der Waals surface area contributed by atoms with Crippen molar-refractivity contribution < 1.29 is 17.9 Å². The van der Waals surface area contributed by atoms with E-state index in [-0.39, 0.29) is 23.0 Å². The van der Waals surface area contributed by atoms with Crippen LogP contribution < -0.4 is 10.1 Å².